The van der Waals surface area contributed by atoms with Gasteiger partial charge in [-0.1, -0.05) is 30.3 Å². The molecule has 2 aromatic rings. The number of rotatable bonds is 6. The second-order valence-electron chi connectivity index (χ2n) is 6.16. The highest BCUT2D eigenvalue weighted by Crippen LogP contribution is 2.23. The molecular weight excluding hydrogens is 274 g/mol. The van der Waals surface area contributed by atoms with Crippen LogP contribution in [0.15, 0.2) is 30.3 Å². The van der Waals surface area contributed by atoms with Crippen molar-refractivity contribution < 1.29 is 5.11 Å². The quantitative estimate of drug-likeness (QED) is 0.861. The van der Waals surface area contributed by atoms with Crippen molar-refractivity contribution >= 4 is 0 Å². The van der Waals surface area contributed by atoms with Gasteiger partial charge in [0.2, 0.25) is 0 Å². The summed E-state index contributed by atoms with van der Waals surface area (Å²) in [6, 6.07) is 10.2. The van der Waals surface area contributed by atoms with Crippen LogP contribution in [0.5, 0.6) is 0 Å². The molecule has 0 bridgehead atoms. The molecule has 0 radical (unpaired) electrons. The predicted octanol–water partition coefficient (Wildman–Crippen LogP) is 3.20. The molecule has 0 saturated carbocycles. The molecule has 1 heterocycles. The van der Waals surface area contributed by atoms with Gasteiger partial charge < -0.3 is 10.4 Å². The summed E-state index contributed by atoms with van der Waals surface area (Å²) in [4.78, 5) is 0. The SMILES string of the molecule is Cc1nn(C)c(C)c1C(C)NC(C)CC(O)c1ccccc1. The van der Waals surface area contributed by atoms with E-state index in [1.807, 2.05) is 49.0 Å². The Morgan fingerprint density at radius 2 is 1.82 bits per heavy atom. The van der Waals surface area contributed by atoms with Crippen molar-refractivity contribution in [3.05, 3.63) is 52.8 Å². The molecule has 0 amide bonds. The highest BCUT2D eigenvalue weighted by molar-refractivity contribution is 5.27. The Balaban J connectivity index is 1.98. The summed E-state index contributed by atoms with van der Waals surface area (Å²) >= 11 is 0. The smallest absolute Gasteiger partial charge is 0.0804 e. The van der Waals surface area contributed by atoms with Crippen LogP contribution in [0.1, 0.15) is 54.9 Å². The molecule has 4 nitrogen and oxygen atoms in total. The highest BCUT2D eigenvalue weighted by Gasteiger charge is 2.19. The number of aliphatic hydroxyl groups is 1. The molecule has 2 N–H and O–H groups in total. The van der Waals surface area contributed by atoms with Crippen LogP contribution in [-0.4, -0.2) is 20.9 Å². The summed E-state index contributed by atoms with van der Waals surface area (Å²) in [7, 11) is 1.97. The monoisotopic (exact) mass is 301 g/mol. The zero-order valence-electron chi connectivity index (χ0n) is 14.2. The Kier molecular flexibility index (Phi) is 5.37. The van der Waals surface area contributed by atoms with Crippen LogP contribution in [-0.2, 0) is 7.05 Å². The van der Waals surface area contributed by atoms with Gasteiger partial charge in [0, 0.05) is 30.4 Å². The van der Waals surface area contributed by atoms with Crippen molar-refractivity contribution in [3.8, 4) is 0 Å². The zero-order chi connectivity index (χ0) is 16.3. The van der Waals surface area contributed by atoms with Gasteiger partial charge in [-0.05, 0) is 39.7 Å². The molecular formula is C18H27N3O. The molecule has 0 aliphatic carbocycles. The molecule has 0 aliphatic rings. The van der Waals surface area contributed by atoms with Crippen molar-refractivity contribution in [2.24, 2.45) is 7.05 Å². The van der Waals surface area contributed by atoms with E-state index < -0.39 is 6.10 Å². The van der Waals surface area contributed by atoms with Gasteiger partial charge in [0.05, 0.1) is 11.8 Å². The second-order valence-corrected chi connectivity index (χ2v) is 6.16. The third-order valence-corrected chi connectivity index (χ3v) is 4.29. The van der Waals surface area contributed by atoms with Gasteiger partial charge in [0.25, 0.3) is 0 Å². The summed E-state index contributed by atoms with van der Waals surface area (Å²) in [5.41, 5.74) is 4.48. The van der Waals surface area contributed by atoms with E-state index >= 15 is 0 Å². The normalized spacial score (nSPS) is 15.5. The van der Waals surface area contributed by atoms with E-state index in [4.69, 9.17) is 0 Å². The lowest BCUT2D eigenvalue weighted by atomic mass is 10.0. The number of aryl methyl sites for hydroxylation is 2. The summed E-state index contributed by atoms with van der Waals surface area (Å²) in [5, 5.41) is 18.4. The van der Waals surface area contributed by atoms with Gasteiger partial charge in [-0.25, -0.2) is 0 Å². The van der Waals surface area contributed by atoms with Crippen LogP contribution in [0.2, 0.25) is 0 Å². The minimum atomic E-state index is -0.438. The van der Waals surface area contributed by atoms with Crippen LogP contribution in [0, 0.1) is 13.8 Å². The van der Waals surface area contributed by atoms with E-state index in [9.17, 15) is 5.11 Å². The van der Waals surface area contributed by atoms with Crippen molar-refractivity contribution in [2.75, 3.05) is 0 Å². The fourth-order valence-electron chi connectivity index (χ4n) is 3.14. The van der Waals surface area contributed by atoms with Gasteiger partial charge in [-0.3, -0.25) is 4.68 Å². The summed E-state index contributed by atoms with van der Waals surface area (Å²) in [5.74, 6) is 0. The number of hydrogen-bond donors (Lipinski definition) is 2. The summed E-state index contributed by atoms with van der Waals surface area (Å²) in [6.45, 7) is 8.41. The summed E-state index contributed by atoms with van der Waals surface area (Å²) in [6.07, 6.45) is 0.249. The van der Waals surface area contributed by atoms with Crippen LogP contribution in [0.4, 0.5) is 0 Å². The van der Waals surface area contributed by atoms with Gasteiger partial charge in [0.1, 0.15) is 0 Å². The van der Waals surface area contributed by atoms with E-state index in [2.05, 4.69) is 31.2 Å². The number of aliphatic hydroxyl groups excluding tert-OH is 1. The van der Waals surface area contributed by atoms with Crippen molar-refractivity contribution in [2.45, 2.75) is 52.3 Å². The Labute approximate surface area is 133 Å². The molecule has 1 aromatic heterocycles. The van der Waals surface area contributed by atoms with Crippen LogP contribution >= 0.6 is 0 Å². The van der Waals surface area contributed by atoms with Gasteiger partial charge in [0.15, 0.2) is 0 Å². The molecule has 4 heteroatoms. The van der Waals surface area contributed by atoms with E-state index in [0.717, 1.165) is 11.3 Å². The Morgan fingerprint density at radius 3 is 2.36 bits per heavy atom. The third kappa shape index (κ3) is 3.76. The fraction of sp³-hybridized carbons (Fsp3) is 0.500. The molecule has 0 fully saturated rings. The van der Waals surface area contributed by atoms with E-state index in [1.165, 1.54) is 11.3 Å². The zero-order valence-corrected chi connectivity index (χ0v) is 14.2. The molecule has 22 heavy (non-hydrogen) atoms. The molecule has 1 aromatic carbocycles. The van der Waals surface area contributed by atoms with Crippen LogP contribution in [0.3, 0.4) is 0 Å². The van der Waals surface area contributed by atoms with Crippen molar-refractivity contribution in [1.29, 1.82) is 0 Å². The first-order valence-electron chi connectivity index (χ1n) is 7.89. The van der Waals surface area contributed by atoms with E-state index in [1.54, 1.807) is 0 Å². The Morgan fingerprint density at radius 1 is 1.18 bits per heavy atom. The van der Waals surface area contributed by atoms with Crippen LogP contribution in [0.25, 0.3) is 0 Å². The average molecular weight is 301 g/mol. The first-order chi connectivity index (χ1) is 10.4. The second kappa shape index (κ2) is 7.07. The maximum atomic E-state index is 10.3. The number of hydrogen-bond acceptors (Lipinski definition) is 3. The first-order valence-corrected chi connectivity index (χ1v) is 7.89. The minimum absolute atomic E-state index is 0.212. The summed E-state index contributed by atoms with van der Waals surface area (Å²) < 4.78 is 1.92. The molecule has 2 rings (SSSR count). The predicted molar refractivity (Wildman–Crippen MR) is 89.7 cm³/mol. The highest BCUT2D eigenvalue weighted by atomic mass is 16.3. The standard InChI is InChI=1S/C18H27N3O/c1-12(11-17(22)16-9-7-6-8-10-16)19-13(2)18-14(3)20-21(5)15(18)4/h6-10,12-13,17,19,22H,11H2,1-5H3. The maximum Gasteiger partial charge on any atom is 0.0804 e. The lowest BCUT2D eigenvalue weighted by Gasteiger charge is -2.23. The molecule has 0 aliphatic heterocycles. The van der Waals surface area contributed by atoms with Crippen molar-refractivity contribution in [3.63, 3.8) is 0 Å². The maximum absolute atomic E-state index is 10.3. The fourth-order valence-corrected chi connectivity index (χ4v) is 3.14. The number of benzene rings is 1. The molecule has 3 atom stereocenters. The molecule has 3 unspecified atom stereocenters. The van der Waals surface area contributed by atoms with Crippen LogP contribution < -0.4 is 5.32 Å². The Hall–Kier alpha value is -1.65. The third-order valence-electron chi connectivity index (χ3n) is 4.29. The van der Waals surface area contributed by atoms with Gasteiger partial charge >= 0.3 is 0 Å². The number of nitrogens with one attached hydrogen (secondary N) is 1. The van der Waals surface area contributed by atoms with E-state index in [-0.39, 0.29) is 12.1 Å². The number of aromatic nitrogens is 2. The molecule has 0 saturated heterocycles. The average Bonchev–Trinajstić information content (AvgIpc) is 2.72. The largest absolute Gasteiger partial charge is 0.388 e. The van der Waals surface area contributed by atoms with Crippen molar-refractivity contribution in [1.82, 2.24) is 15.1 Å². The minimum Gasteiger partial charge on any atom is -0.388 e. The first kappa shape index (κ1) is 16.7. The molecule has 0 spiro atoms. The lowest BCUT2D eigenvalue weighted by molar-refractivity contribution is 0.152. The lowest BCUT2D eigenvalue weighted by Crippen LogP contribution is -2.31. The topological polar surface area (TPSA) is 50.1 Å². The number of nitrogens with zero attached hydrogens (tertiary/aromatic N) is 2. The van der Waals surface area contributed by atoms with E-state index in [0.29, 0.717) is 6.42 Å². The molecule has 120 valence electrons. The van der Waals surface area contributed by atoms with Gasteiger partial charge in [-0.2, -0.15) is 5.10 Å². The Bertz CT molecular complexity index is 606. The van der Waals surface area contributed by atoms with Gasteiger partial charge in [-0.15, -0.1) is 0 Å².